The topological polar surface area (TPSA) is 95.9 Å². The summed E-state index contributed by atoms with van der Waals surface area (Å²) in [6, 6.07) is 5.16. The van der Waals surface area contributed by atoms with Gasteiger partial charge in [-0.05, 0) is 25.1 Å². The Balaban J connectivity index is 0.000000346. The third-order valence-electron chi connectivity index (χ3n) is 2.83. The molecule has 2 rings (SSSR count). The van der Waals surface area contributed by atoms with Gasteiger partial charge in [-0.3, -0.25) is 0 Å². The molecule has 0 unspecified atom stereocenters. The summed E-state index contributed by atoms with van der Waals surface area (Å²) in [5.74, 6) is -3.38. The van der Waals surface area contributed by atoms with Gasteiger partial charge in [0.1, 0.15) is 11.9 Å². The van der Waals surface area contributed by atoms with Crippen LogP contribution in [0.2, 0.25) is 0 Å². The average molecular weight is 321 g/mol. The lowest BCUT2D eigenvalue weighted by molar-refractivity contribution is -0.159. The first-order valence-electron chi connectivity index (χ1n) is 6.14. The van der Waals surface area contributed by atoms with E-state index in [-0.39, 0.29) is 17.9 Å². The summed E-state index contributed by atoms with van der Waals surface area (Å²) in [7, 11) is 0. The minimum absolute atomic E-state index is 0.0384. The molecule has 22 heavy (non-hydrogen) atoms. The van der Waals surface area contributed by atoms with E-state index in [0.717, 1.165) is 12.1 Å². The Labute approximate surface area is 123 Å². The molecular formula is C13H14F3NO5. The normalized spacial score (nSPS) is 20.2. The molecule has 6 nitrogen and oxygen atoms in total. The van der Waals surface area contributed by atoms with E-state index >= 15 is 0 Å². The lowest BCUT2D eigenvalue weighted by Crippen LogP contribution is -2.58. The number of hydrogen-bond donors (Lipinski definition) is 3. The molecule has 0 amide bonds. The molecule has 1 aliphatic heterocycles. The molecule has 1 aromatic carbocycles. The zero-order valence-electron chi connectivity index (χ0n) is 11.4. The number of rotatable bonds is 2. The van der Waals surface area contributed by atoms with Crippen LogP contribution in [0.15, 0.2) is 24.3 Å². The Hall–Kier alpha value is -2.29. The van der Waals surface area contributed by atoms with Gasteiger partial charge in [-0.25, -0.2) is 9.59 Å². The molecule has 1 heterocycles. The van der Waals surface area contributed by atoms with Crippen LogP contribution in [0.1, 0.15) is 12.5 Å². The molecule has 2 atom stereocenters. The second kappa shape index (κ2) is 7.12. The van der Waals surface area contributed by atoms with Crippen molar-refractivity contribution in [1.82, 2.24) is 5.32 Å². The van der Waals surface area contributed by atoms with Gasteiger partial charge in [0, 0.05) is 12.6 Å². The van der Waals surface area contributed by atoms with Crippen molar-refractivity contribution in [3.8, 4) is 5.75 Å². The first-order chi connectivity index (χ1) is 10.1. The van der Waals surface area contributed by atoms with E-state index in [4.69, 9.17) is 24.5 Å². The molecule has 0 radical (unpaired) electrons. The Bertz CT molecular complexity index is 535. The summed E-state index contributed by atoms with van der Waals surface area (Å²) in [4.78, 5) is 18.2. The van der Waals surface area contributed by atoms with Crippen LogP contribution in [0.4, 0.5) is 13.2 Å². The van der Waals surface area contributed by atoms with E-state index in [1.807, 2.05) is 6.92 Å². The summed E-state index contributed by atoms with van der Waals surface area (Å²) in [6.45, 7) is 2.61. The van der Waals surface area contributed by atoms with Crippen LogP contribution >= 0.6 is 0 Å². The van der Waals surface area contributed by atoms with E-state index in [1.165, 1.54) is 6.07 Å². The molecule has 0 aromatic heterocycles. The Morgan fingerprint density at radius 1 is 1.27 bits per heavy atom. The Kier molecular flexibility index (Phi) is 5.75. The standard InChI is InChI=1S/C11H12F3NO.C2H2O4/c1-7-10(6-15-7)16-9-4-2-3-8(5-9)11(12,13)14;3-1(4)2(5)6/h2-5,7,10,15H,6H2,1H3;(H,3,4)(H,5,6)/t7-,10+;/m0./s1. The molecule has 9 heteroatoms. The number of benzene rings is 1. The van der Waals surface area contributed by atoms with E-state index in [9.17, 15) is 13.2 Å². The van der Waals surface area contributed by atoms with Gasteiger partial charge in [0.2, 0.25) is 0 Å². The van der Waals surface area contributed by atoms with Crippen molar-refractivity contribution in [3.63, 3.8) is 0 Å². The van der Waals surface area contributed by atoms with E-state index in [0.29, 0.717) is 6.54 Å². The van der Waals surface area contributed by atoms with Crippen molar-refractivity contribution in [2.24, 2.45) is 0 Å². The Morgan fingerprint density at radius 2 is 1.86 bits per heavy atom. The quantitative estimate of drug-likeness (QED) is 0.716. The number of nitrogens with one attached hydrogen (secondary N) is 1. The van der Waals surface area contributed by atoms with Gasteiger partial charge < -0.3 is 20.3 Å². The lowest BCUT2D eigenvalue weighted by Gasteiger charge is -2.35. The first kappa shape index (κ1) is 17.8. The number of alkyl halides is 3. The maximum Gasteiger partial charge on any atom is 0.416 e. The van der Waals surface area contributed by atoms with Crippen LogP contribution in [0, 0.1) is 0 Å². The monoisotopic (exact) mass is 321 g/mol. The third-order valence-corrected chi connectivity index (χ3v) is 2.83. The highest BCUT2D eigenvalue weighted by atomic mass is 19.4. The fourth-order valence-electron chi connectivity index (χ4n) is 1.51. The van der Waals surface area contributed by atoms with Crippen LogP contribution in [0.3, 0.4) is 0 Å². The molecular weight excluding hydrogens is 307 g/mol. The number of hydrogen-bond acceptors (Lipinski definition) is 4. The number of carboxylic acid groups (broad SMARTS) is 2. The van der Waals surface area contributed by atoms with Gasteiger partial charge >= 0.3 is 18.1 Å². The number of carbonyl (C=O) groups is 2. The lowest BCUT2D eigenvalue weighted by atomic mass is 10.1. The van der Waals surface area contributed by atoms with Crippen LogP contribution < -0.4 is 10.1 Å². The van der Waals surface area contributed by atoms with Gasteiger partial charge in [0.25, 0.3) is 0 Å². The molecule has 1 saturated heterocycles. The largest absolute Gasteiger partial charge is 0.487 e. The number of aliphatic carboxylic acids is 2. The fourth-order valence-corrected chi connectivity index (χ4v) is 1.51. The summed E-state index contributed by atoms with van der Waals surface area (Å²) < 4.78 is 42.7. The second-order valence-electron chi connectivity index (χ2n) is 4.49. The molecule has 1 fully saturated rings. The summed E-state index contributed by atoms with van der Waals surface area (Å²) in [5, 5.41) is 17.9. The van der Waals surface area contributed by atoms with E-state index in [2.05, 4.69) is 5.32 Å². The SMILES string of the molecule is C[C@@H]1NC[C@H]1Oc1cccc(C(F)(F)F)c1.O=C(O)C(=O)O. The molecule has 1 aliphatic rings. The van der Waals surface area contributed by atoms with Gasteiger partial charge in [-0.1, -0.05) is 6.07 Å². The molecule has 122 valence electrons. The van der Waals surface area contributed by atoms with Crippen molar-refractivity contribution in [1.29, 1.82) is 0 Å². The predicted molar refractivity (Wildman–Crippen MR) is 68.6 cm³/mol. The van der Waals surface area contributed by atoms with Crippen molar-refractivity contribution < 1.29 is 37.7 Å². The van der Waals surface area contributed by atoms with Crippen molar-refractivity contribution in [3.05, 3.63) is 29.8 Å². The van der Waals surface area contributed by atoms with Crippen LogP contribution in [-0.2, 0) is 15.8 Å². The van der Waals surface area contributed by atoms with E-state index < -0.39 is 23.7 Å². The van der Waals surface area contributed by atoms with Gasteiger partial charge in [-0.2, -0.15) is 13.2 Å². The molecule has 0 spiro atoms. The van der Waals surface area contributed by atoms with Crippen molar-refractivity contribution >= 4 is 11.9 Å². The van der Waals surface area contributed by atoms with Gasteiger partial charge in [0.15, 0.2) is 0 Å². The third kappa shape index (κ3) is 5.24. The molecule has 0 saturated carbocycles. The van der Waals surface area contributed by atoms with Crippen molar-refractivity contribution in [2.75, 3.05) is 6.54 Å². The van der Waals surface area contributed by atoms with Crippen LogP contribution in [-0.4, -0.2) is 40.8 Å². The highest BCUT2D eigenvalue weighted by molar-refractivity contribution is 6.27. The zero-order chi connectivity index (χ0) is 16.9. The second-order valence-corrected chi connectivity index (χ2v) is 4.49. The summed E-state index contributed by atoms with van der Waals surface area (Å²) >= 11 is 0. The maximum atomic E-state index is 12.4. The van der Waals surface area contributed by atoms with Crippen LogP contribution in [0.25, 0.3) is 0 Å². The smallest absolute Gasteiger partial charge is 0.416 e. The number of ether oxygens (including phenoxy) is 1. The number of halogens is 3. The summed E-state index contributed by atoms with van der Waals surface area (Å²) in [6.07, 6.45) is -4.36. The highest BCUT2D eigenvalue weighted by Gasteiger charge is 2.32. The molecule has 3 N–H and O–H groups in total. The molecule has 0 aliphatic carbocycles. The minimum Gasteiger partial charge on any atom is -0.487 e. The van der Waals surface area contributed by atoms with Gasteiger partial charge in [0.05, 0.1) is 5.56 Å². The highest BCUT2D eigenvalue weighted by Crippen LogP contribution is 2.31. The summed E-state index contributed by atoms with van der Waals surface area (Å²) in [5.41, 5.74) is -0.676. The fraction of sp³-hybridized carbons (Fsp3) is 0.385. The molecule has 0 bridgehead atoms. The van der Waals surface area contributed by atoms with Crippen molar-refractivity contribution in [2.45, 2.75) is 25.2 Å². The van der Waals surface area contributed by atoms with Gasteiger partial charge in [-0.15, -0.1) is 0 Å². The average Bonchev–Trinajstić information content (AvgIpc) is 2.43. The minimum atomic E-state index is -4.32. The molecule has 1 aromatic rings. The predicted octanol–water partition coefficient (Wildman–Crippen LogP) is 1.60. The van der Waals surface area contributed by atoms with Crippen LogP contribution in [0.5, 0.6) is 5.75 Å². The number of carboxylic acids is 2. The maximum absolute atomic E-state index is 12.4. The Morgan fingerprint density at radius 3 is 2.23 bits per heavy atom. The van der Waals surface area contributed by atoms with E-state index in [1.54, 1.807) is 6.07 Å². The first-order valence-corrected chi connectivity index (χ1v) is 6.14. The zero-order valence-corrected chi connectivity index (χ0v) is 11.4.